The third-order valence-corrected chi connectivity index (χ3v) is 4.72. The Hall–Kier alpha value is -3.49. The maximum atomic E-state index is 14.5. The summed E-state index contributed by atoms with van der Waals surface area (Å²) >= 11 is 0. The van der Waals surface area contributed by atoms with Gasteiger partial charge in [-0.1, -0.05) is 6.07 Å². The number of nitrogens with zero attached hydrogens (tertiary/aromatic N) is 4. The zero-order chi connectivity index (χ0) is 19.5. The average Bonchev–Trinajstić information content (AvgIpc) is 3.13. The minimum Gasteiger partial charge on any atom is -0.465 e. The molecular weight excluding hydrogens is 363 g/mol. The summed E-state index contributed by atoms with van der Waals surface area (Å²) in [6, 6.07) is 5.55. The Morgan fingerprint density at radius 3 is 2.89 bits per heavy atom. The van der Waals surface area contributed by atoms with E-state index >= 15 is 0 Å². The molecule has 1 aliphatic rings. The molecule has 1 unspecified atom stereocenters. The highest BCUT2D eigenvalue weighted by Gasteiger charge is 2.27. The number of hydrogen-bond donors (Lipinski definition) is 3. The van der Waals surface area contributed by atoms with Gasteiger partial charge in [0.15, 0.2) is 5.82 Å². The lowest BCUT2D eigenvalue weighted by atomic mass is 10.2. The van der Waals surface area contributed by atoms with Crippen LogP contribution in [0.4, 0.5) is 20.6 Å². The second-order valence-corrected chi connectivity index (χ2v) is 6.63. The van der Waals surface area contributed by atoms with Crippen LogP contribution in [0.15, 0.2) is 43.0 Å². The Morgan fingerprint density at radius 1 is 1.25 bits per heavy atom. The van der Waals surface area contributed by atoms with Crippen LogP contribution in [0.25, 0.3) is 11.0 Å². The van der Waals surface area contributed by atoms with Crippen molar-refractivity contribution in [3.05, 3.63) is 54.4 Å². The van der Waals surface area contributed by atoms with Crippen LogP contribution in [-0.4, -0.2) is 45.3 Å². The number of benzene rings is 1. The van der Waals surface area contributed by atoms with E-state index in [0.29, 0.717) is 37.4 Å². The van der Waals surface area contributed by atoms with Gasteiger partial charge >= 0.3 is 6.09 Å². The summed E-state index contributed by atoms with van der Waals surface area (Å²) in [5.74, 6) is -0.439. The molecule has 9 heteroatoms. The fourth-order valence-electron chi connectivity index (χ4n) is 3.45. The van der Waals surface area contributed by atoms with Crippen molar-refractivity contribution in [1.82, 2.24) is 20.3 Å². The number of fused-ring (bicyclic) bond motifs is 1. The van der Waals surface area contributed by atoms with Crippen LogP contribution in [0, 0.1) is 5.82 Å². The average molecular weight is 382 g/mol. The van der Waals surface area contributed by atoms with E-state index in [-0.39, 0.29) is 6.04 Å². The van der Waals surface area contributed by atoms with Crippen LogP contribution < -0.4 is 15.5 Å². The molecule has 0 saturated carbocycles. The fraction of sp³-hybridized carbons (Fsp3) is 0.263. The first-order chi connectivity index (χ1) is 13.6. The number of pyridine rings is 1. The van der Waals surface area contributed by atoms with E-state index in [2.05, 4.69) is 25.6 Å². The van der Waals surface area contributed by atoms with Gasteiger partial charge in [0.05, 0.1) is 40.8 Å². The third kappa shape index (κ3) is 3.78. The maximum absolute atomic E-state index is 14.5. The molecule has 1 aromatic carbocycles. The van der Waals surface area contributed by atoms with Crippen molar-refractivity contribution in [2.75, 3.05) is 23.3 Å². The summed E-state index contributed by atoms with van der Waals surface area (Å²) in [6.07, 6.45) is 5.59. The fourth-order valence-corrected chi connectivity index (χ4v) is 3.45. The summed E-state index contributed by atoms with van der Waals surface area (Å²) in [4.78, 5) is 25.2. The Balaban J connectivity index is 1.52. The summed E-state index contributed by atoms with van der Waals surface area (Å²) in [5.41, 5.74) is 3.56. The molecule has 1 aliphatic heterocycles. The summed E-state index contributed by atoms with van der Waals surface area (Å²) in [6.45, 7) is 1.44. The van der Waals surface area contributed by atoms with Crippen molar-refractivity contribution < 1.29 is 14.3 Å². The monoisotopic (exact) mass is 382 g/mol. The van der Waals surface area contributed by atoms with E-state index in [1.807, 2.05) is 23.1 Å². The van der Waals surface area contributed by atoms with Crippen LogP contribution >= 0.6 is 0 Å². The molecule has 8 nitrogen and oxygen atoms in total. The molecule has 144 valence electrons. The molecule has 3 N–H and O–H groups in total. The minimum absolute atomic E-state index is 0.225. The van der Waals surface area contributed by atoms with Crippen molar-refractivity contribution in [2.24, 2.45) is 0 Å². The Labute approximate surface area is 160 Å². The predicted octanol–water partition coefficient (Wildman–Crippen LogP) is 2.62. The van der Waals surface area contributed by atoms with Gasteiger partial charge in [-0.05, 0) is 24.1 Å². The van der Waals surface area contributed by atoms with Crippen molar-refractivity contribution in [1.29, 1.82) is 0 Å². The van der Waals surface area contributed by atoms with Crippen LogP contribution in [0.2, 0.25) is 0 Å². The standard InChI is InChI=1S/C19H19FN6O2/c20-14-9-21-10-17(18(14)26-6-3-13(11-26)25-19(27)28)24-8-12-1-2-15-16(7-12)23-5-4-22-15/h1-2,4-5,7,9-10,13,24-25H,3,6,8,11H2,(H,27,28). The van der Waals surface area contributed by atoms with E-state index in [1.165, 1.54) is 6.20 Å². The first-order valence-corrected chi connectivity index (χ1v) is 8.91. The van der Waals surface area contributed by atoms with E-state index in [0.717, 1.165) is 16.6 Å². The number of halogens is 1. The SMILES string of the molecule is O=C(O)NC1CCN(c2c(F)cncc2NCc2ccc3nccnc3c2)C1. The molecule has 1 fully saturated rings. The number of nitrogens with one attached hydrogen (secondary N) is 2. The molecular formula is C19H19FN6O2. The topological polar surface area (TPSA) is 103 Å². The molecule has 0 radical (unpaired) electrons. The number of hydrogen-bond acceptors (Lipinski definition) is 6. The molecule has 3 aromatic rings. The lowest BCUT2D eigenvalue weighted by Crippen LogP contribution is -2.36. The second kappa shape index (κ2) is 7.63. The molecule has 1 atom stereocenters. The van der Waals surface area contributed by atoms with E-state index in [1.54, 1.807) is 18.6 Å². The number of rotatable bonds is 5. The molecule has 0 aliphatic carbocycles. The third-order valence-electron chi connectivity index (χ3n) is 4.72. The smallest absolute Gasteiger partial charge is 0.404 e. The van der Waals surface area contributed by atoms with Gasteiger partial charge in [-0.2, -0.15) is 0 Å². The Bertz CT molecular complexity index is 1010. The summed E-state index contributed by atoms with van der Waals surface area (Å²) < 4.78 is 14.5. The van der Waals surface area contributed by atoms with Gasteiger partial charge in [0.25, 0.3) is 0 Å². The van der Waals surface area contributed by atoms with Crippen LogP contribution in [0.3, 0.4) is 0 Å². The minimum atomic E-state index is -1.07. The van der Waals surface area contributed by atoms with Gasteiger partial charge in [-0.25, -0.2) is 9.18 Å². The van der Waals surface area contributed by atoms with Crippen LogP contribution in [0.1, 0.15) is 12.0 Å². The van der Waals surface area contributed by atoms with Gasteiger partial charge in [-0.15, -0.1) is 0 Å². The van der Waals surface area contributed by atoms with Crippen molar-refractivity contribution in [3.63, 3.8) is 0 Å². The Kier molecular flexibility index (Phi) is 4.88. The van der Waals surface area contributed by atoms with Gasteiger partial charge in [0.2, 0.25) is 0 Å². The quantitative estimate of drug-likeness (QED) is 0.623. The zero-order valence-electron chi connectivity index (χ0n) is 15.0. The van der Waals surface area contributed by atoms with Crippen molar-refractivity contribution >= 4 is 28.5 Å². The van der Waals surface area contributed by atoms with Crippen LogP contribution in [0.5, 0.6) is 0 Å². The van der Waals surface area contributed by atoms with Gasteiger partial charge in [0.1, 0.15) is 0 Å². The number of amides is 1. The molecule has 0 spiro atoms. The first-order valence-electron chi connectivity index (χ1n) is 8.91. The van der Waals surface area contributed by atoms with E-state index in [4.69, 9.17) is 5.11 Å². The summed E-state index contributed by atoms with van der Waals surface area (Å²) in [5, 5.41) is 14.6. The number of carbonyl (C=O) groups is 1. The number of anilines is 2. The lowest BCUT2D eigenvalue weighted by molar-refractivity contribution is 0.191. The first kappa shape index (κ1) is 17.9. The molecule has 1 amide bonds. The Morgan fingerprint density at radius 2 is 2.07 bits per heavy atom. The van der Waals surface area contributed by atoms with Crippen LogP contribution in [-0.2, 0) is 6.54 Å². The highest BCUT2D eigenvalue weighted by Crippen LogP contribution is 2.31. The highest BCUT2D eigenvalue weighted by atomic mass is 19.1. The maximum Gasteiger partial charge on any atom is 0.404 e. The summed E-state index contributed by atoms with van der Waals surface area (Å²) in [7, 11) is 0. The van der Waals surface area contributed by atoms with Gasteiger partial charge in [0, 0.05) is 32.0 Å². The second-order valence-electron chi connectivity index (χ2n) is 6.63. The number of carboxylic acid groups (broad SMARTS) is 1. The molecule has 4 rings (SSSR count). The zero-order valence-corrected chi connectivity index (χ0v) is 15.0. The molecule has 0 bridgehead atoms. The molecule has 28 heavy (non-hydrogen) atoms. The molecule has 1 saturated heterocycles. The van der Waals surface area contributed by atoms with Crippen molar-refractivity contribution in [2.45, 2.75) is 19.0 Å². The predicted molar refractivity (Wildman–Crippen MR) is 103 cm³/mol. The normalized spacial score (nSPS) is 16.3. The lowest BCUT2D eigenvalue weighted by Gasteiger charge is -2.23. The highest BCUT2D eigenvalue weighted by molar-refractivity contribution is 5.75. The van der Waals surface area contributed by atoms with E-state index in [9.17, 15) is 9.18 Å². The van der Waals surface area contributed by atoms with Gasteiger partial charge < -0.3 is 20.6 Å². The molecule has 3 heterocycles. The van der Waals surface area contributed by atoms with Gasteiger partial charge in [-0.3, -0.25) is 15.0 Å². The molecule has 2 aromatic heterocycles. The number of aromatic nitrogens is 3. The largest absolute Gasteiger partial charge is 0.465 e. The van der Waals surface area contributed by atoms with Crippen molar-refractivity contribution in [3.8, 4) is 0 Å². The van der Waals surface area contributed by atoms with E-state index < -0.39 is 11.9 Å².